The Morgan fingerprint density at radius 1 is 1.25 bits per heavy atom. The highest BCUT2D eigenvalue weighted by atomic mass is 16.5. The monoisotopic (exact) mass is 273 g/mol. The highest BCUT2D eigenvalue weighted by molar-refractivity contribution is 5.79. The highest BCUT2D eigenvalue weighted by Gasteiger charge is 2.31. The SMILES string of the molecule is Cc1ccccc1C1CN(C(=O)C2CCCC2)CCO1. The van der Waals surface area contributed by atoms with Crippen LogP contribution < -0.4 is 0 Å². The molecule has 1 aliphatic carbocycles. The van der Waals surface area contributed by atoms with Crippen LogP contribution in [-0.4, -0.2) is 30.5 Å². The van der Waals surface area contributed by atoms with Crippen molar-refractivity contribution in [3.8, 4) is 0 Å². The first-order valence-corrected chi connectivity index (χ1v) is 7.71. The number of rotatable bonds is 2. The second-order valence-electron chi connectivity index (χ2n) is 5.98. The summed E-state index contributed by atoms with van der Waals surface area (Å²) < 4.78 is 5.89. The Labute approximate surface area is 120 Å². The Balaban J connectivity index is 1.70. The molecule has 1 aromatic carbocycles. The van der Waals surface area contributed by atoms with Crippen molar-refractivity contribution < 1.29 is 9.53 Å². The van der Waals surface area contributed by atoms with Crippen LogP contribution in [0.2, 0.25) is 0 Å². The molecule has 0 bridgehead atoms. The van der Waals surface area contributed by atoms with Gasteiger partial charge in [-0.1, -0.05) is 37.1 Å². The van der Waals surface area contributed by atoms with E-state index in [2.05, 4.69) is 19.1 Å². The van der Waals surface area contributed by atoms with Crippen LogP contribution in [-0.2, 0) is 9.53 Å². The molecule has 2 aliphatic rings. The molecule has 0 N–H and O–H groups in total. The molecule has 1 atom stereocenters. The van der Waals surface area contributed by atoms with Gasteiger partial charge in [-0.2, -0.15) is 0 Å². The van der Waals surface area contributed by atoms with Gasteiger partial charge in [-0.3, -0.25) is 4.79 Å². The van der Waals surface area contributed by atoms with Gasteiger partial charge in [0.25, 0.3) is 0 Å². The van der Waals surface area contributed by atoms with Gasteiger partial charge in [0, 0.05) is 12.5 Å². The fraction of sp³-hybridized carbons (Fsp3) is 0.588. The molecule has 3 rings (SSSR count). The zero-order chi connectivity index (χ0) is 13.9. The third kappa shape index (κ3) is 2.73. The van der Waals surface area contributed by atoms with E-state index in [0.29, 0.717) is 19.1 Å². The van der Waals surface area contributed by atoms with Crippen LogP contribution in [0, 0.1) is 12.8 Å². The Kier molecular flexibility index (Phi) is 4.06. The first-order valence-electron chi connectivity index (χ1n) is 7.71. The molecule has 1 unspecified atom stereocenters. The van der Waals surface area contributed by atoms with Crippen LogP contribution in [0.3, 0.4) is 0 Å². The number of hydrogen-bond donors (Lipinski definition) is 0. The molecule has 1 heterocycles. The molecule has 1 saturated carbocycles. The fourth-order valence-electron chi connectivity index (χ4n) is 3.42. The van der Waals surface area contributed by atoms with Gasteiger partial charge in [0.1, 0.15) is 6.10 Å². The highest BCUT2D eigenvalue weighted by Crippen LogP contribution is 2.30. The number of carbonyl (C=O) groups excluding carboxylic acids is 1. The summed E-state index contributed by atoms with van der Waals surface area (Å²) in [7, 11) is 0. The predicted octanol–water partition coefficient (Wildman–Crippen LogP) is 3.09. The minimum Gasteiger partial charge on any atom is -0.370 e. The van der Waals surface area contributed by atoms with Crippen molar-refractivity contribution >= 4 is 5.91 Å². The summed E-state index contributed by atoms with van der Waals surface area (Å²) >= 11 is 0. The number of carbonyl (C=O) groups is 1. The van der Waals surface area contributed by atoms with E-state index in [0.717, 1.165) is 19.4 Å². The molecule has 3 nitrogen and oxygen atoms in total. The fourth-order valence-corrected chi connectivity index (χ4v) is 3.42. The summed E-state index contributed by atoms with van der Waals surface area (Å²) in [6, 6.07) is 8.31. The minimum absolute atomic E-state index is 0.0373. The maximum absolute atomic E-state index is 12.5. The Morgan fingerprint density at radius 2 is 2.00 bits per heavy atom. The summed E-state index contributed by atoms with van der Waals surface area (Å²) in [4.78, 5) is 14.6. The number of morpholine rings is 1. The summed E-state index contributed by atoms with van der Waals surface area (Å²) in [5.74, 6) is 0.620. The molecule has 3 heteroatoms. The summed E-state index contributed by atoms with van der Waals surface area (Å²) in [5.41, 5.74) is 2.46. The van der Waals surface area contributed by atoms with Crippen molar-refractivity contribution in [3.63, 3.8) is 0 Å². The van der Waals surface area contributed by atoms with Crippen molar-refractivity contribution in [2.45, 2.75) is 38.7 Å². The van der Waals surface area contributed by atoms with E-state index in [-0.39, 0.29) is 12.0 Å². The first kappa shape index (κ1) is 13.6. The predicted molar refractivity (Wildman–Crippen MR) is 78.4 cm³/mol. The Hall–Kier alpha value is -1.35. The number of hydrogen-bond acceptors (Lipinski definition) is 2. The van der Waals surface area contributed by atoms with Gasteiger partial charge in [-0.15, -0.1) is 0 Å². The smallest absolute Gasteiger partial charge is 0.225 e. The molecule has 20 heavy (non-hydrogen) atoms. The molecule has 1 amide bonds. The van der Waals surface area contributed by atoms with E-state index in [1.54, 1.807) is 0 Å². The van der Waals surface area contributed by atoms with E-state index < -0.39 is 0 Å². The van der Waals surface area contributed by atoms with E-state index in [1.807, 2.05) is 17.0 Å². The van der Waals surface area contributed by atoms with Gasteiger partial charge in [0.05, 0.1) is 13.2 Å². The molecule has 108 valence electrons. The van der Waals surface area contributed by atoms with Gasteiger partial charge < -0.3 is 9.64 Å². The zero-order valence-corrected chi connectivity index (χ0v) is 12.2. The molecule has 1 saturated heterocycles. The van der Waals surface area contributed by atoms with E-state index >= 15 is 0 Å². The molecular formula is C17H23NO2. The van der Waals surface area contributed by atoms with Crippen LogP contribution in [0.25, 0.3) is 0 Å². The van der Waals surface area contributed by atoms with Crippen LogP contribution in [0.1, 0.15) is 42.9 Å². The Bertz CT molecular complexity index is 480. The van der Waals surface area contributed by atoms with E-state index in [4.69, 9.17) is 4.74 Å². The van der Waals surface area contributed by atoms with Crippen molar-refractivity contribution in [1.29, 1.82) is 0 Å². The lowest BCUT2D eigenvalue weighted by Crippen LogP contribution is -2.44. The number of benzene rings is 1. The molecule has 1 aromatic rings. The number of amides is 1. The lowest BCUT2D eigenvalue weighted by molar-refractivity contribution is -0.143. The standard InChI is InChI=1S/C17H23NO2/c1-13-6-2-5-9-15(13)16-12-18(10-11-20-16)17(19)14-7-3-4-8-14/h2,5-6,9,14,16H,3-4,7-8,10-12H2,1H3. The lowest BCUT2D eigenvalue weighted by atomic mass is 10.0. The average molecular weight is 273 g/mol. The van der Waals surface area contributed by atoms with Gasteiger partial charge in [0.15, 0.2) is 0 Å². The van der Waals surface area contributed by atoms with Crippen molar-refractivity contribution in [3.05, 3.63) is 35.4 Å². The number of nitrogens with zero attached hydrogens (tertiary/aromatic N) is 1. The summed E-state index contributed by atoms with van der Waals surface area (Å²) in [6.07, 6.45) is 4.61. The van der Waals surface area contributed by atoms with Crippen molar-refractivity contribution in [2.24, 2.45) is 5.92 Å². The maximum Gasteiger partial charge on any atom is 0.225 e. The van der Waals surface area contributed by atoms with Gasteiger partial charge in [0.2, 0.25) is 5.91 Å². The zero-order valence-electron chi connectivity index (χ0n) is 12.2. The number of aryl methyl sites for hydroxylation is 1. The van der Waals surface area contributed by atoms with Crippen LogP contribution in [0.15, 0.2) is 24.3 Å². The molecule has 2 fully saturated rings. The second-order valence-corrected chi connectivity index (χ2v) is 5.98. The van der Waals surface area contributed by atoms with Crippen LogP contribution >= 0.6 is 0 Å². The molecule has 0 aromatic heterocycles. The van der Waals surface area contributed by atoms with Gasteiger partial charge >= 0.3 is 0 Å². The third-order valence-electron chi connectivity index (χ3n) is 4.62. The second kappa shape index (κ2) is 5.96. The van der Waals surface area contributed by atoms with Crippen molar-refractivity contribution in [1.82, 2.24) is 4.90 Å². The normalized spacial score (nSPS) is 24.1. The average Bonchev–Trinajstić information content (AvgIpc) is 3.01. The van der Waals surface area contributed by atoms with Gasteiger partial charge in [-0.25, -0.2) is 0 Å². The van der Waals surface area contributed by atoms with Crippen molar-refractivity contribution in [2.75, 3.05) is 19.7 Å². The van der Waals surface area contributed by atoms with Gasteiger partial charge in [-0.05, 0) is 30.9 Å². The van der Waals surface area contributed by atoms with Crippen LogP contribution in [0.4, 0.5) is 0 Å². The molecule has 0 spiro atoms. The maximum atomic E-state index is 12.5. The molecular weight excluding hydrogens is 250 g/mol. The number of ether oxygens (including phenoxy) is 1. The molecule has 1 aliphatic heterocycles. The van der Waals surface area contributed by atoms with E-state index in [9.17, 15) is 4.79 Å². The summed E-state index contributed by atoms with van der Waals surface area (Å²) in [6.45, 7) is 4.21. The topological polar surface area (TPSA) is 29.5 Å². The minimum atomic E-state index is 0.0373. The quantitative estimate of drug-likeness (QED) is 0.828. The first-order chi connectivity index (χ1) is 9.75. The Morgan fingerprint density at radius 3 is 2.75 bits per heavy atom. The van der Waals surface area contributed by atoms with Crippen LogP contribution in [0.5, 0.6) is 0 Å². The molecule has 0 radical (unpaired) electrons. The third-order valence-corrected chi connectivity index (χ3v) is 4.62. The largest absolute Gasteiger partial charge is 0.370 e. The lowest BCUT2D eigenvalue weighted by Gasteiger charge is -2.35. The summed E-state index contributed by atoms with van der Waals surface area (Å²) in [5, 5.41) is 0. The van der Waals surface area contributed by atoms with E-state index in [1.165, 1.54) is 24.0 Å².